The molecule has 0 spiro atoms. The van der Waals surface area contributed by atoms with E-state index in [1.807, 2.05) is 0 Å². The van der Waals surface area contributed by atoms with Crippen LogP contribution in [0.2, 0.25) is 0 Å². The predicted molar refractivity (Wildman–Crippen MR) is 54.2 cm³/mol. The SMILES string of the molecule is O=C(N1CCCC1)N1CCCC(O)C1O. The molecule has 2 saturated heterocycles. The maximum atomic E-state index is 11.9. The Bertz CT molecular complexity index is 241. The number of urea groups is 1. The molecule has 0 aliphatic carbocycles. The van der Waals surface area contributed by atoms with Crippen LogP contribution in [-0.4, -0.2) is 58.0 Å². The molecule has 0 aromatic heterocycles. The normalized spacial score (nSPS) is 32.1. The van der Waals surface area contributed by atoms with E-state index < -0.39 is 12.3 Å². The van der Waals surface area contributed by atoms with Crippen LogP contribution < -0.4 is 0 Å². The van der Waals surface area contributed by atoms with Gasteiger partial charge in [0.05, 0.1) is 6.10 Å². The second-order valence-corrected chi connectivity index (χ2v) is 4.29. The second kappa shape index (κ2) is 4.37. The van der Waals surface area contributed by atoms with Gasteiger partial charge in [-0.25, -0.2) is 4.79 Å². The number of likely N-dealkylation sites (tertiary alicyclic amines) is 2. The molecule has 2 fully saturated rings. The van der Waals surface area contributed by atoms with Crippen molar-refractivity contribution in [3.63, 3.8) is 0 Å². The van der Waals surface area contributed by atoms with Gasteiger partial charge in [-0.05, 0) is 25.7 Å². The van der Waals surface area contributed by atoms with Gasteiger partial charge in [-0.2, -0.15) is 0 Å². The summed E-state index contributed by atoms with van der Waals surface area (Å²) in [6.07, 6.45) is 1.61. The van der Waals surface area contributed by atoms with Crippen molar-refractivity contribution < 1.29 is 15.0 Å². The second-order valence-electron chi connectivity index (χ2n) is 4.29. The zero-order valence-electron chi connectivity index (χ0n) is 8.80. The Morgan fingerprint density at radius 3 is 2.40 bits per heavy atom. The van der Waals surface area contributed by atoms with Crippen LogP contribution in [0.1, 0.15) is 25.7 Å². The smallest absolute Gasteiger partial charge is 0.322 e. The number of amides is 2. The Morgan fingerprint density at radius 1 is 1.07 bits per heavy atom. The van der Waals surface area contributed by atoms with Crippen LogP contribution >= 0.6 is 0 Å². The van der Waals surface area contributed by atoms with Crippen molar-refractivity contribution >= 4 is 6.03 Å². The largest absolute Gasteiger partial charge is 0.388 e. The molecule has 2 N–H and O–H groups in total. The van der Waals surface area contributed by atoms with E-state index in [2.05, 4.69) is 0 Å². The first-order chi connectivity index (χ1) is 7.20. The molecule has 2 aliphatic rings. The summed E-state index contributed by atoms with van der Waals surface area (Å²) in [6.45, 7) is 2.10. The minimum atomic E-state index is -1.02. The molecule has 0 aromatic carbocycles. The van der Waals surface area contributed by atoms with Gasteiger partial charge in [-0.1, -0.05) is 0 Å². The molecular weight excluding hydrogens is 196 g/mol. The van der Waals surface area contributed by atoms with E-state index in [1.54, 1.807) is 4.90 Å². The molecule has 0 radical (unpaired) electrons. The maximum absolute atomic E-state index is 11.9. The van der Waals surface area contributed by atoms with Gasteiger partial charge in [-0.15, -0.1) is 0 Å². The molecule has 0 saturated carbocycles. The van der Waals surface area contributed by atoms with E-state index >= 15 is 0 Å². The molecule has 2 heterocycles. The van der Waals surface area contributed by atoms with E-state index in [4.69, 9.17) is 0 Å². The number of nitrogens with zero attached hydrogens (tertiary/aromatic N) is 2. The van der Waals surface area contributed by atoms with Gasteiger partial charge in [0.2, 0.25) is 0 Å². The number of aliphatic hydroxyl groups excluding tert-OH is 2. The van der Waals surface area contributed by atoms with Crippen LogP contribution in [0.15, 0.2) is 0 Å². The Labute approximate surface area is 89.3 Å². The number of aliphatic hydroxyl groups is 2. The minimum Gasteiger partial charge on any atom is -0.388 e. The van der Waals surface area contributed by atoms with Crippen LogP contribution in [0.25, 0.3) is 0 Å². The van der Waals surface area contributed by atoms with E-state index in [9.17, 15) is 15.0 Å². The summed E-state index contributed by atoms with van der Waals surface area (Å²) in [7, 11) is 0. The molecule has 2 unspecified atom stereocenters. The molecule has 2 amide bonds. The average Bonchev–Trinajstić information content (AvgIpc) is 2.74. The van der Waals surface area contributed by atoms with Gasteiger partial charge in [0.1, 0.15) is 0 Å². The Kier molecular flexibility index (Phi) is 3.11. The van der Waals surface area contributed by atoms with Crippen molar-refractivity contribution in [1.82, 2.24) is 9.80 Å². The number of hydrogen-bond acceptors (Lipinski definition) is 3. The summed E-state index contributed by atoms with van der Waals surface area (Å²) in [4.78, 5) is 15.1. The van der Waals surface area contributed by atoms with Gasteiger partial charge in [0, 0.05) is 19.6 Å². The number of carbonyl (C=O) groups is 1. The molecule has 15 heavy (non-hydrogen) atoms. The summed E-state index contributed by atoms with van der Waals surface area (Å²) < 4.78 is 0. The van der Waals surface area contributed by atoms with Crippen LogP contribution in [0.5, 0.6) is 0 Å². The lowest BCUT2D eigenvalue weighted by Gasteiger charge is -2.37. The highest BCUT2D eigenvalue weighted by atomic mass is 16.3. The van der Waals surface area contributed by atoms with E-state index in [0.29, 0.717) is 13.0 Å². The van der Waals surface area contributed by atoms with Gasteiger partial charge >= 0.3 is 6.03 Å². The van der Waals surface area contributed by atoms with Crippen molar-refractivity contribution in [2.75, 3.05) is 19.6 Å². The fraction of sp³-hybridized carbons (Fsp3) is 0.900. The van der Waals surface area contributed by atoms with Crippen LogP contribution in [0, 0.1) is 0 Å². The van der Waals surface area contributed by atoms with Crippen molar-refractivity contribution in [3.05, 3.63) is 0 Å². The first kappa shape index (κ1) is 10.7. The fourth-order valence-corrected chi connectivity index (χ4v) is 2.26. The zero-order chi connectivity index (χ0) is 10.8. The first-order valence-corrected chi connectivity index (χ1v) is 5.62. The summed E-state index contributed by atoms with van der Waals surface area (Å²) in [5, 5.41) is 19.2. The highest BCUT2D eigenvalue weighted by Crippen LogP contribution is 2.19. The van der Waals surface area contributed by atoms with E-state index in [1.165, 1.54) is 4.90 Å². The van der Waals surface area contributed by atoms with Crippen LogP contribution in [0.3, 0.4) is 0 Å². The number of rotatable bonds is 0. The molecule has 5 heteroatoms. The van der Waals surface area contributed by atoms with Crippen LogP contribution in [0.4, 0.5) is 4.79 Å². The van der Waals surface area contributed by atoms with Gasteiger partial charge in [0.25, 0.3) is 0 Å². The highest BCUT2D eigenvalue weighted by molar-refractivity contribution is 5.75. The molecule has 2 rings (SSSR count). The topological polar surface area (TPSA) is 64.0 Å². The molecule has 86 valence electrons. The molecule has 0 bridgehead atoms. The lowest BCUT2D eigenvalue weighted by molar-refractivity contribution is -0.0900. The molecule has 2 atom stereocenters. The quantitative estimate of drug-likeness (QED) is 0.595. The Balaban J connectivity index is 1.98. The Hall–Kier alpha value is -0.810. The third-order valence-corrected chi connectivity index (χ3v) is 3.18. The summed E-state index contributed by atoms with van der Waals surface area (Å²) in [6, 6.07) is -0.126. The predicted octanol–water partition coefficient (Wildman–Crippen LogP) is -0.0227. The summed E-state index contributed by atoms with van der Waals surface area (Å²) in [5.41, 5.74) is 0. The van der Waals surface area contributed by atoms with Gasteiger partial charge in [0.15, 0.2) is 6.23 Å². The zero-order valence-corrected chi connectivity index (χ0v) is 8.80. The minimum absolute atomic E-state index is 0.126. The fourth-order valence-electron chi connectivity index (χ4n) is 2.26. The highest BCUT2D eigenvalue weighted by Gasteiger charge is 2.34. The Morgan fingerprint density at radius 2 is 1.73 bits per heavy atom. The number of carbonyl (C=O) groups excluding carboxylic acids is 1. The van der Waals surface area contributed by atoms with Gasteiger partial charge < -0.3 is 15.1 Å². The average molecular weight is 214 g/mol. The lowest BCUT2D eigenvalue weighted by atomic mass is 10.1. The van der Waals surface area contributed by atoms with Crippen molar-refractivity contribution in [1.29, 1.82) is 0 Å². The lowest BCUT2D eigenvalue weighted by Crippen LogP contribution is -2.54. The molecular formula is C10H18N2O3. The van der Waals surface area contributed by atoms with Gasteiger partial charge in [-0.3, -0.25) is 4.90 Å². The maximum Gasteiger partial charge on any atom is 0.322 e. The van der Waals surface area contributed by atoms with Crippen molar-refractivity contribution in [3.8, 4) is 0 Å². The van der Waals surface area contributed by atoms with Crippen molar-refractivity contribution in [2.24, 2.45) is 0 Å². The third kappa shape index (κ3) is 2.08. The molecule has 5 nitrogen and oxygen atoms in total. The standard InChI is InChI=1S/C10H18N2O3/c13-8-4-3-7-12(9(8)14)10(15)11-5-1-2-6-11/h8-9,13-14H,1-7H2. The molecule has 0 aromatic rings. The first-order valence-electron chi connectivity index (χ1n) is 5.62. The van der Waals surface area contributed by atoms with Crippen molar-refractivity contribution in [2.45, 2.75) is 38.0 Å². The molecule has 2 aliphatic heterocycles. The van der Waals surface area contributed by atoms with Crippen LogP contribution in [-0.2, 0) is 0 Å². The van der Waals surface area contributed by atoms with E-state index in [-0.39, 0.29) is 6.03 Å². The summed E-state index contributed by atoms with van der Waals surface area (Å²) in [5.74, 6) is 0. The third-order valence-electron chi connectivity index (χ3n) is 3.18. The van der Waals surface area contributed by atoms with E-state index in [0.717, 1.165) is 32.4 Å². The number of piperidine rings is 1. The summed E-state index contributed by atoms with van der Waals surface area (Å²) >= 11 is 0. The monoisotopic (exact) mass is 214 g/mol. The number of hydrogen-bond donors (Lipinski definition) is 2.